The predicted octanol–water partition coefficient (Wildman–Crippen LogP) is 5.92. The van der Waals surface area contributed by atoms with Crippen LogP contribution in [0.5, 0.6) is 0 Å². The van der Waals surface area contributed by atoms with Gasteiger partial charge in [0.2, 0.25) is 0 Å². The Hall–Kier alpha value is -4.43. The molecule has 37 heavy (non-hydrogen) atoms. The van der Waals surface area contributed by atoms with Gasteiger partial charge in [0, 0.05) is 28.2 Å². The van der Waals surface area contributed by atoms with Gasteiger partial charge in [-0.05, 0) is 92.1 Å². The second-order valence-corrected chi connectivity index (χ2v) is 10.6. The number of carbonyl (C=O) groups excluding carboxylic acids is 2. The van der Waals surface area contributed by atoms with E-state index in [2.05, 4.69) is 15.4 Å². The van der Waals surface area contributed by atoms with Gasteiger partial charge in [0.25, 0.3) is 21.8 Å². The average molecular weight is 514 g/mol. The lowest BCUT2D eigenvalue weighted by Crippen LogP contribution is -2.19. The Morgan fingerprint density at radius 2 is 0.973 bits per heavy atom. The molecule has 3 N–H and O–H groups in total. The number of benzene rings is 4. The van der Waals surface area contributed by atoms with Crippen LogP contribution in [0.3, 0.4) is 0 Å². The van der Waals surface area contributed by atoms with Gasteiger partial charge in [-0.2, -0.15) is 0 Å². The Balaban J connectivity index is 1.72. The Morgan fingerprint density at radius 1 is 0.568 bits per heavy atom. The Kier molecular flexibility index (Phi) is 7.40. The summed E-state index contributed by atoms with van der Waals surface area (Å²) in [6.45, 7) is 5.64. The maximum Gasteiger partial charge on any atom is 0.261 e. The highest BCUT2D eigenvalue weighted by Gasteiger charge is 2.21. The van der Waals surface area contributed by atoms with Crippen LogP contribution in [0.2, 0.25) is 0 Å². The van der Waals surface area contributed by atoms with Gasteiger partial charge in [0.05, 0.1) is 4.90 Å². The SMILES string of the molecule is Cc1cccc(NC(=O)c2cc(C(=O)Nc3cccc(C)c3)cc(S(=O)(=O)Nc3cccc(C)c3)c2)c1. The van der Waals surface area contributed by atoms with Crippen LogP contribution >= 0.6 is 0 Å². The van der Waals surface area contributed by atoms with Gasteiger partial charge in [-0.1, -0.05) is 36.4 Å². The Bertz CT molecular complexity index is 1520. The van der Waals surface area contributed by atoms with Gasteiger partial charge in [0.15, 0.2) is 0 Å². The van der Waals surface area contributed by atoms with Crippen LogP contribution in [0.15, 0.2) is 95.9 Å². The molecule has 0 aromatic heterocycles. The van der Waals surface area contributed by atoms with E-state index in [-0.39, 0.29) is 16.0 Å². The van der Waals surface area contributed by atoms with Gasteiger partial charge in [-0.25, -0.2) is 8.42 Å². The summed E-state index contributed by atoms with van der Waals surface area (Å²) in [7, 11) is -4.11. The monoisotopic (exact) mass is 513 g/mol. The second-order valence-electron chi connectivity index (χ2n) is 8.87. The van der Waals surface area contributed by atoms with Crippen LogP contribution in [-0.2, 0) is 10.0 Å². The average Bonchev–Trinajstić information content (AvgIpc) is 2.83. The van der Waals surface area contributed by atoms with Crippen molar-refractivity contribution in [3.8, 4) is 0 Å². The highest BCUT2D eigenvalue weighted by Crippen LogP contribution is 2.22. The number of hydrogen-bond donors (Lipinski definition) is 3. The van der Waals surface area contributed by atoms with Crippen LogP contribution in [0.4, 0.5) is 17.1 Å². The fourth-order valence-electron chi connectivity index (χ4n) is 3.79. The number of sulfonamides is 1. The van der Waals surface area contributed by atoms with Crippen molar-refractivity contribution in [2.75, 3.05) is 15.4 Å². The molecular weight excluding hydrogens is 486 g/mol. The zero-order chi connectivity index (χ0) is 26.6. The highest BCUT2D eigenvalue weighted by molar-refractivity contribution is 7.92. The summed E-state index contributed by atoms with van der Waals surface area (Å²) in [5, 5.41) is 5.54. The van der Waals surface area contributed by atoms with Crippen molar-refractivity contribution in [2.45, 2.75) is 25.7 Å². The maximum atomic E-state index is 13.3. The molecule has 0 aliphatic carbocycles. The molecule has 188 valence electrons. The summed E-state index contributed by atoms with van der Waals surface area (Å²) in [5.41, 5.74) is 4.34. The normalized spacial score (nSPS) is 11.0. The first-order chi connectivity index (χ1) is 17.6. The van der Waals surface area contributed by atoms with Crippen molar-refractivity contribution in [2.24, 2.45) is 0 Å². The fraction of sp³-hybridized carbons (Fsp3) is 0.103. The lowest BCUT2D eigenvalue weighted by atomic mass is 10.1. The smallest absolute Gasteiger partial charge is 0.261 e. The first-order valence-electron chi connectivity index (χ1n) is 11.6. The Labute approximate surface area is 216 Å². The Morgan fingerprint density at radius 3 is 1.41 bits per heavy atom. The molecule has 0 atom stereocenters. The van der Waals surface area contributed by atoms with Crippen molar-refractivity contribution < 1.29 is 18.0 Å². The number of carbonyl (C=O) groups is 2. The molecule has 0 aliphatic heterocycles. The third kappa shape index (κ3) is 6.62. The molecule has 0 saturated heterocycles. The molecule has 0 bridgehead atoms. The van der Waals surface area contributed by atoms with E-state index in [4.69, 9.17) is 0 Å². The zero-order valence-electron chi connectivity index (χ0n) is 20.7. The van der Waals surface area contributed by atoms with Crippen LogP contribution in [0, 0.1) is 20.8 Å². The zero-order valence-corrected chi connectivity index (χ0v) is 21.5. The molecule has 0 radical (unpaired) electrons. The number of rotatable bonds is 7. The van der Waals surface area contributed by atoms with Gasteiger partial charge in [-0.3, -0.25) is 14.3 Å². The minimum Gasteiger partial charge on any atom is -0.322 e. The van der Waals surface area contributed by atoms with Crippen molar-refractivity contribution in [3.05, 3.63) is 119 Å². The van der Waals surface area contributed by atoms with E-state index in [1.54, 1.807) is 54.6 Å². The molecule has 4 aromatic carbocycles. The van der Waals surface area contributed by atoms with E-state index in [1.807, 2.05) is 39.0 Å². The second kappa shape index (κ2) is 10.7. The first kappa shape index (κ1) is 25.7. The number of hydrogen-bond acceptors (Lipinski definition) is 4. The molecule has 0 fully saturated rings. The third-order valence-electron chi connectivity index (χ3n) is 5.56. The standard InChI is InChI=1S/C29H27N3O4S/c1-19-7-4-10-24(13-19)30-28(33)22-16-23(29(34)31-25-11-5-8-20(2)14-25)18-27(17-22)37(35,36)32-26-12-6-9-21(3)15-26/h4-18,32H,1-3H3,(H,30,33)(H,31,34). The van der Waals surface area contributed by atoms with Crippen LogP contribution in [0.1, 0.15) is 37.4 Å². The number of anilines is 3. The molecule has 8 heteroatoms. The molecule has 0 spiro atoms. The van der Waals surface area contributed by atoms with E-state index in [9.17, 15) is 18.0 Å². The molecule has 4 aromatic rings. The molecular formula is C29H27N3O4S. The van der Waals surface area contributed by atoms with Crippen LogP contribution < -0.4 is 15.4 Å². The van der Waals surface area contributed by atoms with Crippen molar-refractivity contribution in [1.82, 2.24) is 0 Å². The molecule has 0 aliphatic rings. The summed E-state index contributed by atoms with van der Waals surface area (Å²) < 4.78 is 29.1. The summed E-state index contributed by atoms with van der Waals surface area (Å²) >= 11 is 0. The first-order valence-corrected chi connectivity index (χ1v) is 13.1. The van der Waals surface area contributed by atoms with E-state index in [0.717, 1.165) is 16.7 Å². The van der Waals surface area contributed by atoms with Gasteiger partial charge < -0.3 is 10.6 Å². The molecule has 0 saturated carbocycles. The van der Waals surface area contributed by atoms with Crippen LogP contribution in [-0.4, -0.2) is 20.2 Å². The number of amides is 2. The topological polar surface area (TPSA) is 104 Å². The predicted molar refractivity (Wildman–Crippen MR) is 147 cm³/mol. The lowest BCUT2D eigenvalue weighted by molar-refractivity contribution is 0.102. The van der Waals surface area contributed by atoms with Gasteiger partial charge >= 0.3 is 0 Å². The molecule has 0 heterocycles. The summed E-state index contributed by atoms with van der Waals surface area (Å²) in [6.07, 6.45) is 0. The largest absolute Gasteiger partial charge is 0.322 e. The molecule has 0 unspecified atom stereocenters. The number of nitrogens with one attached hydrogen (secondary N) is 3. The minimum absolute atomic E-state index is 0.0306. The van der Waals surface area contributed by atoms with E-state index >= 15 is 0 Å². The summed E-state index contributed by atoms with van der Waals surface area (Å²) in [4.78, 5) is 26.0. The van der Waals surface area contributed by atoms with E-state index in [0.29, 0.717) is 17.1 Å². The summed E-state index contributed by atoms with van der Waals surface area (Å²) in [6, 6.07) is 25.3. The fourth-order valence-corrected chi connectivity index (χ4v) is 4.91. The molecule has 4 rings (SSSR count). The van der Waals surface area contributed by atoms with Gasteiger partial charge in [0.1, 0.15) is 0 Å². The maximum absolute atomic E-state index is 13.3. The van der Waals surface area contributed by atoms with Crippen molar-refractivity contribution in [3.63, 3.8) is 0 Å². The van der Waals surface area contributed by atoms with Gasteiger partial charge in [-0.15, -0.1) is 0 Å². The third-order valence-corrected chi connectivity index (χ3v) is 6.92. The highest BCUT2D eigenvalue weighted by atomic mass is 32.2. The minimum atomic E-state index is -4.11. The number of aryl methyl sites for hydroxylation is 3. The molecule has 2 amide bonds. The van der Waals surface area contributed by atoms with Crippen molar-refractivity contribution in [1.29, 1.82) is 0 Å². The quantitative estimate of drug-likeness (QED) is 0.285. The van der Waals surface area contributed by atoms with Crippen molar-refractivity contribution >= 4 is 38.9 Å². The summed E-state index contributed by atoms with van der Waals surface area (Å²) in [5.74, 6) is -1.08. The van der Waals surface area contributed by atoms with Crippen LogP contribution in [0.25, 0.3) is 0 Å². The van der Waals surface area contributed by atoms with E-state index in [1.165, 1.54) is 18.2 Å². The lowest BCUT2D eigenvalue weighted by Gasteiger charge is -2.13. The molecule has 7 nitrogen and oxygen atoms in total. The van der Waals surface area contributed by atoms with E-state index < -0.39 is 21.8 Å².